The van der Waals surface area contributed by atoms with Crippen LogP contribution in [-0.2, 0) is 61.5 Å². The summed E-state index contributed by atoms with van der Waals surface area (Å²) in [5.41, 5.74) is 14.3. The first-order chi connectivity index (χ1) is 47.6. The van der Waals surface area contributed by atoms with E-state index < -0.39 is 62.3 Å². The molecule has 4 atom stereocenters. The van der Waals surface area contributed by atoms with Crippen molar-refractivity contribution in [3.8, 4) is 55.3 Å². The normalized spacial score (nSPS) is 15.9. The number of thiazole rings is 2. The number of carbonyl (C=O) groups is 4. The summed E-state index contributed by atoms with van der Waals surface area (Å²) in [7, 11) is -0.849. The Labute approximate surface area is 591 Å². The number of amides is 2. The molecule has 2 saturated heterocycles. The zero-order valence-electron chi connectivity index (χ0n) is 56.5. The summed E-state index contributed by atoms with van der Waals surface area (Å²) in [6.07, 6.45) is 12.0. The van der Waals surface area contributed by atoms with Gasteiger partial charge in [-0.3, -0.25) is 9.59 Å². The molecule has 0 unspecified atom stereocenters. The van der Waals surface area contributed by atoms with Gasteiger partial charge in [-0.25, -0.2) is 57.9 Å². The average molecular weight is 1460 g/mol. The number of nitrogens with zero attached hydrogens (tertiary/aromatic N) is 12. The number of carbonyl (C=O) groups excluding carboxylic acids is 4. The predicted molar refractivity (Wildman–Crippen MR) is 378 cm³/mol. The molecule has 2 aromatic carbocycles. The van der Waals surface area contributed by atoms with Gasteiger partial charge in [0.2, 0.25) is 20.9 Å². The third-order valence-electron chi connectivity index (χ3n) is 15.1. The lowest BCUT2D eigenvalue weighted by Gasteiger charge is -2.37. The number of hydrogen-bond donors (Lipinski definition) is 2. The van der Waals surface area contributed by atoms with Crippen LogP contribution in [0.25, 0.3) is 77.4 Å². The number of fused-ring (bicyclic) bond motifs is 2. The molecule has 2 amide bonds. The molecule has 0 bridgehead atoms. The second kappa shape index (κ2) is 33.8. The minimum Gasteiger partial charge on any atom is -0.469 e. The molecule has 0 aliphatic carbocycles. The molecule has 100 heavy (non-hydrogen) atoms. The van der Waals surface area contributed by atoms with E-state index in [1.807, 2.05) is 135 Å². The third-order valence-corrected chi connectivity index (χ3v) is 17.5. The number of hydrogen-bond acceptors (Lipinski definition) is 26. The standard InChI is InChI=1S/C33H35N7O4S.C22H17N5O2S2.C12H22N2O4.2O2S/c1-20-16-35-31(36-22-15-21(30(41)43-5)17-39(18-22)32(42)44-33(2,3)4)38-27(20)25-19-40(23-9-7-6-8-10-23)28-24(25)11-12-26(37-28)29-34-13-14-45-29;1-14-12-24-22(31(2,28)29)26-19(14)17-13-27(15-6-4-3-5-7-15)20-16(17)8-9-18(25-20)21-23-10-11-30-21;1-12(2,3)18-11(16)14-6-8(10(15)17-4)5-9(13)7-14;2*1-3-2/h6-14,16,19,21-22H,15,17-18H2,1-5H3,(H,35,36,38);3-13H,1-2H3;8-9H,5-7,13H2,1-4H3;;/t21-,22+;;8-,9+;;/m1.1../s1. The largest absolute Gasteiger partial charge is 0.469 e. The maximum atomic E-state index is 13.0. The highest BCUT2D eigenvalue weighted by Gasteiger charge is 2.38. The van der Waals surface area contributed by atoms with Gasteiger partial charge in [-0.2, -0.15) is 16.8 Å². The number of methoxy groups -OCH3 is 2. The van der Waals surface area contributed by atoms with Gasteiger partial charge in [-0.1, -0.05) is 36.4 Å². The SMILES string of the molecule is COC(=O)[C@@H]1C[C@H](N)CN(C(=O)OC(C)(C)C)C1.COC(=O)[C@@H]1C[C@H](Nc2ncc(C)c(-c3cn(-c4ccccc4)c4nc(-c5nccs5)ccc34)n2)CN(C(=O)OC(C)(C)C)C1.Cc1cnc(S(C)(=O)=O)nc1-c1cn(-c2ccccc2)c2nc(-c3nccs3)ccc12.O=S=O.O=S=O. The van der Waals surface area contributed by atoms with Gasteiger partial charge in [-0.15, -0.1) is 22.7 Å². The van der Waals surface area contributed by atoms with E-state index in [4.69, 9.17) is 56.5 Å². The fraction of sp³-hybridized carbons (Fsp3) is 0.343. The highest BCUT2D eigenvalue weighted by molar-refractivity contribution is 7.90. The fourth-order valence-electron chi connectivity index (χ4n) is 10.9. The summed E-state index contributed by atoms with van der Waals surface area (Å²) in [4.78, 5) is 88.7. The maximum Gasteiger partial charge on any atom is 0.410 e. The topological polar surface area (TPSA) is 365 Å². The Bertz CT molecular complexity index is 4680. The van der Waals surface area contributed by atoms with Crippen LogP contribution in [0.5, 0.6) is 0 Å². The summed E-state index contributed by atoms with van der Waals surface area (Å²) in [6, 6.07) is 27.3. The second-order valence-corrected chi connectivity index (χ2v) is 28.9. The number of nitrogens with two attached hydrogens (primary N) is 1. The van der Waals surface area contributed by atoms with Gasteiger partial charge >= 0.3 is 47.3 Å². The first-order valence-corrected chi connectivity index (χ1v) is 35.9. The van der Waals surface area contributed by atoms with Crippen LogP contribution in [0.2, 0.25) is 0 Å². The molecule has 33 heteroatoms. The van der Waals surface area contributed by atoms with Gasteiger partial charge < -0.3 is 48.9 Å². The Morgan fingerprint density at radius 1 is 0.580 bits per heavy atom. The molecule has 2 aliphatic rings. The van der Waals surface area contributed by atoms with E-state index in [1.54, 1.807) is 61.8 Å². The van der Waals surface area contributed by atoms with Crippen LogP contribution >= 0.6 is 22.7 Å². The van der Waals surface area contributed by atoms with Crippen LogP contribution in [0, 0.1) is 25.7 Å². The lowest BCUT2D eigenvalue weighted by molar-refractivity contribution is -0.148. The first kappa shape index (κ1) is 75.8. The van der Waals surface area contributed by atoms with E-state index in [1.165, 1.54) is 30.5 Å². The van der Waals surface area contributed by atoms with Gasteiger partial charge in [0.15, 0.2) is 0 Å². The third kappa shape index (κ3) is 19.7. The maximum absolute atomic E-state index is 13.0. The number of nitrogens with one attached hydrogen (secondary N) is 1. The zero-order valence-corrected chi connectivity index (χ0v) is 60.5. The predicted octanol–water partition coefficient (Wildman–Crippen LogP) is 9.85. The second-order valence-electron chi connectivity index (χ2n) is 24.9. The van der Waals surface area contributed by atoms with Crippen LogP contribution in [0.4, 0.5) is 15.5 Å². The number of aryl methyl sites for hydroxylation is 2. The quantitative estimate of drug-likeness (QED) is 0.0690. The molecule has 10 aromatic rings. The summed E-state index contributed by atoms with van der Waals surface area (Å²) in [6.45, 7) is 15.9. The van der Waals surface area contributed by atoms with Crippen LogP contribution in [0.15, 0.2) is 138 Å². The summed E-state index contributed by atoms with van der Waals surface area (Å²) in [5, 5.41) is 10.5. The molecule has 12 rings (SSSR count). The Balaban J connectivity index is 0.000000199. The molecule has 3 N–H and O–H groups in total. The van der Waals surface area contributed by atoms with E-state index in [0.29, 0.717) is 44.1 Å². The molecule has 8 aromatic heterocycles. The Morgan fingerprint density at radius 3 is 1.43 bits per heavy atom. The average Bonchev–Trinajstić information content (AvgIpc) is 1.61. The number of esters is 2. The van der Waals surface area contributed by atoms with Gasteiger partial charge in [0.25, 0.3) is 0 Å². The lowest BCUT2D eigenvalue weighted by atomic mass is 9.94. The fourth-order valence-corrected chi connectivity index (χ4v) is 12.6. The van der Waals surface area contributed by atoms with Crippen LogP contribution in [0.3, 0.4) is 0 Å². The van der Waals surface area contributed by atoms with Crippen molar-refractivity contribution in [2.24, 2.45) is 17.6 Å². The van der Waals surface area contributed by atoms with Gasteiger partial charge in [0, 0.05) is 126 Å². The van der Waals surface area contributed by atoms with Crippen molar-refractivity contribution in [3.63, 3.8) is 0 Å². The van der Waals surface area contributed by atoms with Crippen LogP contribution in [-0.4, -0.2) is 178 Å². The number of anilines is 1. The minimum absolute atomic E-state index is 0.193. The number of ether oxygens (including phenoxy) is 4. The van der Waals surface area contributed by atoms with Crippen LogP contribution in [0.1, 0.15) is 65.5 Å². The molecule has 0 radical (unpaired) electrons. The van der Waals surface area contributed by atoms with E-state index in [0.717, 1.165) is 89.0 Å². The van der Waals surface area contributed by atoms with E-state index in [-0.39, 0.29) is 41.6 Å². The first-order valence-electron chi connectivity index (χ1n) is 30.9. The van der Waals surface area contributed by atoms with Crippen molar-refractivity contribution in [1.29, 1.82) is 0 Å². The van der Waals surface area contributed by atoms with Gasteiger partial charge in [-0.05, 0) is 128 Å². The number of piperidine rings is 2. The summed E-state index contributed by atoms with van der Waals surface area (Å²) in [5.74, 6) is -1.20. The highest BCUT2D eigenvalue weighted by atomic mass is 32.2. The molecule has 2 fully saturated rings. The Hall–Kier alpha value is -9.93. The summed E-state index contributed by atoms with van der Waals surface area (Å²) < 4.78 is 81.9. The van der Waals surface area contributed by atoms with Gasteiger partial charge in [0.1, 0.15) is 43.9 Å². The monoisotopic (exact) mass is 1460 g/mol. The molecule has 0 spiro atoms. The Kier molecular flexibility index (Phi) is 25.6. The number of likely N-dealkylation sites (tertiary alicyclic amines) is 2. The smallest absolute Gasteiger partial charge is 0.410 e. The Morgan fingerprint density at radius 2 is 1.01 bits per heavy atom. The van der Waals surface area contributed by atoms with Crippen LogP contribution < -0.4 is 11.1 Å². The number of rotatable bonds is 11. The van der Waals surface area contributed by atoms with E-state index >= 15 is 0 Å². The number of aromatic nitrogens is 10. The van der Waals surface area contributed by atoms with Crippen molar-refractivity contribution < 1.29 is 63.4 Å². The van der Waals surface area contributed by atoms with Crippen molar-refractivity contribution in [2.75, 3.05) is 52.0 Å². The lowest BCUT2D eigenvalue weighted by Crippen LogP contribution is -2.52. The number of para-hydroxylation sites is 2. The minimum atomic E-state index is -3.54. The molecule has 2 aliphatic heterocycles. The molecule has 0 saturated carbocycles. The number of sulfone groups is 1. The molecule has 526 valence electrons. The van der Waals surface area contributed by atoms with Crippen molar-refractivity contribution in [3.05, 3.63) is 144 Å². The van der Waals surface area contributed by atoms with Gasteiger partial charge in [0.05, 0.1) is 37.4 Å². The van der Waals surface area contributed by atoms with Crippen molar-refractivity contribution >= 4 is 108 Å². The van der Waals surface area contributed by atoms with Crippen molar-refractivity contribution in [2.45, 2.75) is 96.7 Å². The zero-order chi connectivity index (χ0) is 72.6. The molecule has 28 nitrogen and oxygen atoms in total. The molecular formula is C67H74N14O14S5. The molecule has 10 heterocycles. The van der Waals surface area contributed by atoms with E-state index in [9.17, 15) is 27.6 Å². The number of pyridine rings is 2. The van der Waals surface area contributed by atoms with E-state index in [2.05, 4.69) is 47.1 Å². The molecular weight excluding hydrogens is 1390 g/mol. The number of benzene rings is 2. The highest BCUT2D eigenvalue weighted by Crippen LogP contribution is 2.37. The van der Waals surface area contributed by atoms with Crippen molar-refractivity contribution in [1.82, 2.24) is 58.8 Å². The summed E-state index contributed by atoms with van der Waals surface area (Å²) >= 11 is 1.57.